The van der Waals surface area contributed by atoms with E-state index < -0.39 is 17.9 Å². The summed E-state index contributed by atoms with van der Waals surface area (Å²) in [5.74, 6) is -1.10. The van der Waals surface area contributed by atoms with Crippen LogP contribution in [0.5, 0.6) is 5.75 Å². The molecule has 1 aromatic heterocycles. The molecule has 0 aliphatic carbocycles. The van der Waals surface area contributed by atoms with Gasteiger partial charge in [-0.3, -0.25) is 9.78 Å². The largest absolute Gasteiger partial charge is 0.495 e. The van der Waals surface area contributed by atoms with Gasteiger partial charge in [0.2, 0.25) is 0 Å². The Morgan fingerprint density at radius 2 is 2.00 bits per heavy atom. The Morgan fingerprint density at radius 1 is 1.22 bits per heavy atom. The number of methoxy groups -OCH3 is 1. The second kappa shape index (κ2) is 8.05. The number of hydrogen-bond donors (Lipinski definition) is 2. The Morgan fingerprint density at radius 3 is 2.70 bits per heavy atom. The van der Waals surface area contributed by atoms with E-state index in [0.717, 1.165) is 0 Å². The standard InChI is InChI=1S/C20H17ClN2O4/c1-27-18-7-6-12(10-15(18)21)11-17(20(25)26)23-19(24)14-8-9-22-16-5-3-2-4-13(14)16/h2-10,17H,11H2,1H3,(H,23,24)(H,25,26)/t17-/m0/s1. The van der Waals surface area contributed by atoms with Crippen molar-refractivity contribution in [2.24, 2.45) is 0 Å². The minimum Gasteiger partial charge on any atom is -0.495 e. The molecule has 2 aromatic carbocycles. The van der Waals surface area contributed by atoms with Crippen LogP contribution in [0.25, 0.3) is 10.9 Å². The molecule has 0 saturated heterocycles. The average Bonchev–Trinajstić information content (AvgIpc) is 2.67. The quantitative estimate of drug-likeness (QED) is 0.680. The van der Waals surface area contributed by atoms with Gasteiger partial charge < -0.3 is 15.2 Å². The fraction of sp³-hybridized carbons (Fsp3) is 0.150. The van der Waals surface area contributed by atoms with Gasteiger partial charge in [0, 0.05) is 18.0 Å². The predicted molar refractivity (Wildman–Crippen MR) is 102 cm³/mol. The van der Waals surface area contributed by atoms with Crippen LogP contribution in [0.1, 0.15) is 15.9 Å². The number of fused-ring (bicyclic) bond motifs is 1. The third kappa shape index (κ3) is 4.17. The molecule has 0 radical (unpaired) electrons. The minimum absolute atomic E-state index is 0.0911. The molecule has 0 aliphatic heterocycles. The summed E-state index contributed by atoms with van der Waals surface area (Å²) in [6.07, 6.45) is 1.62. The summed E-state index contributed by atoms with van der Waals surface area (Å²) in [5.41, 5.74) is 1.71. The molecular weight excluding hydrogens is 368 g/mol. The van der Waals surface area contributed by atoms with Crippen LogP contribution in [0.15, 0.2) is 54.7 Å². The van der Waals surface area contributed by atoms with Crippen molar-refractivity contribution < 1.29 is 19.4 Å². The van der Waals surface area contributed by atoms with Crippen LogP contribution in [0.4, 0.5) is 0 Å². The van der Waals surface area contributed by atoms with E-state index in [1.165, 1.54) is 13.3 Å². The van der Waals surface area contributed by atoms with Crippen molar-refractivity contribution in [1.82, 2.24) is 10.3 Å². The fourth-order valence-corrected chi connectivity index (χ4v) is 3.08. The number of nitrogens with one attached hydrogen (secondary N) is 1. The first-order chi connectivity index (χ1) is 13.0. The minimum atomic E-state index is -1.13. The number of ether oxygens (including phenoxy) is 1. The maximum absolute atomic E-state index is 12.7. The highest BCUT2D eigenvalue weighted by Gasteiger charge is 2.22. The van der Waals surface area contributed by atoms with E-state index >= 15 is 0 Å². The normalized spacial score (nSPS) is 11.8. The number of benzene rings is 2. The van der Waals surface area contributed by atoms with Gasteiger partial charge in [0.15, 0.2) is 0 Å². The number of carbonyl (C=O) groups excluding carboxylic acids is 1. The zero-order valence-electron chi connectivity index (χ0n) is 14.5. The molecular formula is C20H17ClN2O4. The molecule has 0 saturated carbocycles. The van der Waals surface area contributed by atoms with Gasteiger partial charge in [0.1, 0.15) is 11.8 Å². The first-order valence-electron chi connectivity index (χ1n) is 8.19. The zero-order chi connectivity index (χ0) is 19.4. The summed E-state index contributed by atoms with van der Waals surface area (Å²) < 4.78 is 5.09. The van der Waals surface area contributed by atoms with E-state index in [9.17, 15) is 14.7 Å². The van der Waals surface area contributed by atoms with Gasteiger partial charge in [-0.15, -0.1) is 0 Å². The van der Waals surface area contributed by atoms with Crippen molar-refractivity contribution in [3.05, 3.63) is 70.9 Å². The lowest BCUT2D eigenvalue weighted by Crippen LogP contribution is -2.42. The number of pyridine rings is 1. The van der Waals surface area contributed by atoms with Crippen molar-refractivity contribution in [2.45, 2.75) is 12.5 Å². The maximum atomic E-state index is 12.7. The maximum Gasteiger partial charge on any atom is 0.326 e. The topological polar surface area (TPSA) is 88.5 Å². The lowest BCUT2D eigenvalue weighted by molar-refractivity contribution is -0.139. The van der Waals surface area contributed by atoms with Gasteiger partial charge in [0.05, 0.1) is 23.2 Å². The SMILES string of the molecule is COc1ccc(C[C@H](NC(=O)c2ccnc3ccccc23)C(=O)O)cc1Cl. The van der Waals surface area contributed by atoms with E-state index in [-0.39, 0.29) is 6.42 Å². The molecule has 6 nitrogen and oxygen atoms in total. The second-order valence-electron chi connectivity index (χ2n) is 5.91. The number of para-hydroxylation sites is 1. The van der Waals surface area contributed by atoms with Crippen molar-refractivity contribution in [3.63, 3.8) is 0 Å². The summed E-state index contributed by atoms with van der Waals surface area (Å²) in [6, 6.07) is 12.7. The smallest absolute Gasteiger partial charge is 0.326 e. The molecule has 0 aliphatic rings. The number of carboxylic acids is 1. The Bertz CT molecular complexity index is 1000. The zero-order valence-corrected chi connectivity index (χ0v) is 15.2. The van der Waals surface area contributed by atoms with E-state index in [2.05, 4.69) is 10.3 Å². The Labute approximate surface area is 160 Å². The molecule has 1 heterocycles. The number of aliphatic carboxylic acids is 1. The highest BCUT2D eigenvalue weighted by molar-refractivity contribution is 6.32. The number of amides is 1. The van der Waals surface area contributed by atoms with Crippen LogP contribution in [0.2, 0.25) is 5.02 Å². The summed E-state index contributed by atoms with van der Waals surface area (Å²) in [7, 11) is 1.50. The van der Waals surface area contributed by atoms with Crippen LogP contribution in [-0.4, -0.2) is 35.1 Å². The van der Waals surface area contributed by atoms with Gasteiger partial charge in [-0.1, -0.05) is 35.9 Å². The highest BCUT2D eigenvalue weighted by Crippen LogP contribution is 2.25. The van der Waals surface area contributed by atoms with Crippen LogP contribution in [0, 0.1) is 0 Å². The molecule has 0 spiro atoms. The first kappa shape index (κ1) is 18.7. The number of hydrogen-bond acceptors (Lipinski definition) is 4. The van der Waals surface area contributed by atoms with Gasteiger partial charge in [-0.2, -0.15) is 0 Å². The Balaban J connectivity index is 1.83. The fourth-order valence-electron chi connectivity index (χ4n) is 2.80. The number of nitrogens with zero attached hydrogens (tertiary/aromatic N) is 1. The van der Waals surface area contributed by atoms with Crippen LogP contribution in [-0.2, 0) is 11.2 Å². The molecule has 3 rings (SSSR count). The third-order valence-corrected chi connectivity index (χ3v) is 4.45. The second-order valence-corrected chi connectivity index (χ2v) is 6.32. The predicted octanol–water partition coefficient (Wildman–Crippen LogP) is 3.32. The molecule has 1 atom stereocenters. The van der Waals surface area contributed by atoms with Crippen molar-refractivity contribution >= 4 is 34.4 Å². The highest BCUT2D eigenvalue weighted by atomic mass is 35.5. The molecule has 2 N–H and O–H groups in total. The van der Waals surface area contributed by atoms with E-state index in [1.54, 1.807) is 42.5 Å². The average molecular weight is 385 g/mol. The van der Waals surface area contributed by atoms with Gasteiger partial charge >= 0.3 is 5.97 Å². The Hall–Kier alpha value is -3.12. The molecule has 0 unspecified atom stereocenters. The van der Waals surface area contributed by atoms with Crippen molar-refractivity contribution in [3.8, 4) is 5.75 Å². The number of rotatable bonds is 6. The molecule has 3 aromatic rings. The molecule has 1 amide bonds. The lowest BCUT2D eigenvalue weighted by Gasteiger charge is -2.16. The molecule has 27 heavy (non-hydrogen) atoms. The number of carboxylic acid groups (broad SMARTS) is 1. The van der Waals surface area contributed by atoms with Crippen molar-refractivity contribution in [1.29, 1.82) is 0 Å². The summed E-state index contributed by atoms with van der Waals surface area (Å²) >= 11 is 6.09. The first-order valence-corrected chi connectivity index (χ1v) is 8.57. The number of carbonyl (C=O) groups is 2. The number of halogens is 1. The van der Waals surface area contributed by atoms with Gasteiger partial charge in [-0.05, 0) is 29.8 Å². The summed E-state index contributed by atoms with van der Waals surface area (Å²) in [5, 5.41) is 13.2. The van der Waals surface area contributed by atoms with E-state index in [4.69, 9.17) is 16.3 Å². The molecule has 0 bridgehead atoms. The van der Waals surface area contributed by atoms with Gasteiger partial charge in [0.25, 0.3) is 5.91 Å². The van der Waals surface area contributed by atoms with Crippen LogP contribution < -0.4 is 10.1 Å². The summed E-state index contributed by atoms with van der Waals surface area (Å²) in [4.78, 5) is 28.5. The number of aromatic nitrogens is 1. The van der Waals surface area contributed by atoms with Crippen molar-refractivity contribution in [2.75, 3.05) is 7.11 Å². The summed E-state index contributed by atoms with van der Waals surface area (Å²) in [6.45, 7) is 0. The molecule has 0 fully saturated rings. The van der Waals surface area contributed by atoms with E-state index in [0.29, 0.717) is 32.8 Å². The van der Waals surface area contributed by atoms with E-state index in [1.807, 2.05) is 6.07 Å². The Kier molecular flexibility index (Phi) is 5.57. The monoisotopic (exact) mass is 384 g/mol. The van der Waals surface area contributed by atoms with Crippen LogP contribution >= 0.6 is 11.6 Å². The molecule has 7 heteroatoms. The molecule has 138 valence electrons. The lowest BCUT2D eigenvalue weighted by atomic mass is 10.0. The third-order valence-electron chi connectivity index (χ3n) is 4.15. The van der Waals surface area contributed by atoms with Crippen LogP contribution in [0.3, 0.4) is 0 Å². The van der Waals surface area contributed by atoms with Gasteiger partial charge in [-0.25, -0.2) is 4.79 Å².